The highest BCUT2D eigenvalue weighted by atomic mass is 16.4. The summed E-state index contributed by atoms with van der Waals surface area (Å²) in [5.74, 6) is -3.66. The molecular formula is C17H26N2O7. The van der Waals surface area contributed by atoms with Crippen LogP contribution in [0.25, 0.3) is 0 Å². The van der Waals surface area contributed by atoms with Crippen molar-refractivity contribution in [2.24, 2.45) is 5.92 Å². The van der Waals surface area contributed by atoms with Gasteiger partial charge in [-0.25, -0.2) is 4.79 Å². The van der Waals surface area contributed by atoms with Gasteiger partial charge in [-0.3, -0.25) is 19.7 Å². The number of carbonyl (C=O) groups is 4. The average molecular weight is 370 g/mol. The fourth-order valence-electron chi connectivity index (χ4n) is 4.14. The molecule has 0 radical (unpaired) electrons. The van der Waals surface area contributed by atoms with Gasteiger partial charge in [-0.2, -0.15) is 0 Å². The summed E-state index contributed by atoms with van der Waals surface area (Å²) in [7, 11) is 0. The molecule has 1 amide bonds. The second-order valence-corrected chi connectivity index (χ2v) is 7.16. The second kappa shape index (κ2) is 8.48. The quantitative estimate of drug-likeness (QED) is 0.484. The van der Waals surface area contributed by atoms with Crippen molar-refractivity contribution in [3.05, 3.63) is 0 Å². The van der Waals surface area contributed by atoms with Gasteiger partial charge in [0, 0.05) is 12.5 Å². The number of nitrogens with one attached hydrogen (secondary N) is 1. The smallest absolute Gasteiger partial charge is 0.326 e. The van der Waals surface area contributed by atoms with Gasteiger partial charge in [0.1, 0.15) is 12.1 Å². The minimum absolute atomic E-state index is 0.121. The first-order valence-corrected chi connectivity index (χ1v) is 8.98. The van der Waals surface area contributed by atoms with E-state index in [0.717, 1.165) is 25.7 Å². The van der Waals surface area contributed by atoms with E-state index in [1.165, 1.54) is 11.8 Å². The van der Waals surface area contributed by atoms with Crippen LogP contribution in [0.2, 0.25) is 0 Å². The zero-order valence-corrected chi connectivity index (χ0v) is 14.8. The van der Waals surface area contributed by atoms with E-state index >= 15 is 0 Å². The number of hydrogen-bond acceptors (Lipinski definition) is 5. The fraction of sp³-hybridized carbons (Fsp3) is 0.765. The number of likely N-dealkylation sites (tertiary alicyclic amines) is 1. The van der Waals surface area contributed by atoms with E-state index in [0.29, 0.717) is 6.42 Å². The standard InChI is InChI=1S/C17H26N2O7/c1-9(18-11(16(23)24)6-7-14(20)21)15(22)19-12-5-3-2-4-10(12)8-13(19)17(25)26/h9-13,18H,2-8H2,1H3,(H,20,21)(H,23,24)(H,25,26)/t9-,10?,11?,12?,13-/m0/s1. The Morgan fingerprint density at radius 2 is 1.77 bits per heavy atom. The van der Waals surface area contributed by atoms with Gasteiger partial charge >= 0.3 is 17.9 Å². The van der Waals surface area contributed by atoms with Crippen molar-refractivity contribution in [1.29, 1.82) is 0 Å². The number of nitrogens with zero attached hydrogens (tertiary/aromatic N) is 1. The second-order valence-electron chi connectivity index (χ2n) is 7.16. The first kappa shape index (κ1) is 20.2. The van der Waals surface area contributed by atoms with Crippen molar-refractivity contribution in [3.63, 3.8) is 0 Å². The molecule has 2 aliphatic rings. The highest BCUT2D eigenvalue weighted by molar-refractivity contribution is 5.88. The topological polar surface area (TPSA) is 144 Å². The van der Waals surface area contributed by atoms with Crippen LogP contribution >= 0.6 is 0 Å². The van der Waals surface area contributed by atoms with Crippen LogP contribution in [-0.2, 0) is 19.2 Å². The van der Waals surface area contributed by atoms with Crippen molar-refractivity contribution in [2.45, 2.75) is 76.0 Å². The maximum absolute atomic E-state index is 12.9. The monoisotopic (exact) mass is 370 g/mol. The molecule has 1 heterocycles. The molecule has 0 aromatic rings. The summed E-state index contributed by atoms with van der Waals surface area (Å²) in [6.07, 6.45) is 3.56. The van der Waals surface area contributed by atoms with Gasteiger partial charge in [0.2, 0.25) is 5.91 Å². The molecule has 9 heteroatoms. The minimum atomic E-state index is -1.24. The van der Waals surface area contributed by atoms with Crippen LogP contribution in [0.5, 0.6) is 0 Å². The van der Waals surface area contributed by atoms with Crippen LogP contribution in [0, 0.1) is 5.92 Å². The molecule has 26 heavy (non-hydrogen) atoms. The highest BCUT2D eigenvalue weighted by Crippen LogP contribution is 2.40. The summed E-state index contributed by atoms with van der Waals surface area (Å²) in [4.78, 5) is 47.9. The Bertz CT molecular complexity index is 579. The third-order valence-corrected chi connectivity index (χ3v) is 5.39. The summed E-state index contributed by atoms with van der Waals surface area (Å²) in [6.45, 7) is 1.49. The van der Waals surface area contributed by atoms with Crippen molar-refractivity contribution in [3.8, 4) is 0 Å². The lowest BCUT2D eigenvalue weighted by atomic mass is 9.84. The van der Waals surface area contributed by atoms with Gasteiger partial charge in [0.25, 0.3) is 0 Å². The molecule has 2 fully saturated rings. The predicted molar refractivity (Wildman–Crippen MR) is 89.5 cm³/mol. The largest absolute Gasteiger partial charge is 0.481 e. The normalized spacial score (nSPS) is 27.4. The lowest BCUT2D eigenvalue weighted by Gasteiger charge is -2.35. The van der Waals surface area contributed by atoms with E-state index in [9.17, 15) is 29.4 Å². The van der Waals surface area contributed by atoms with Gasteiger partial charge in [-0.1, -0.05) is 12.8 Å². The average Bonchev–Trinajstić information content (AvgIpc) is 2.97. The summed E-state index contributed by atoms with van der Waals surface area (Å²) in [5, 5.41) is 30.1. The Labute approximate surface area is 151 Å². The molecule has 1 saturated carbocycles. The first-order chi connectivity index (χ1) is 12.2. The third kappa shape index (κ3) is 4.51. The number of carboxylic acid groups (broad SMARTS) is 3. The SMILES string of the molecule is C[C@H](NC(CCC(=O)O)C(=O)O)C(=O)N1C2CCCCC2C[C@H]1C(=O)O. The fourth-order valence-corrected chi connectivity index (χ4v) is 4.14. The Morgan fingerprint density at radius 3 is 2.35 bits per heavy atom. The zero-order chi connectivity index (χ0) is 19.4. The molecule has 9 nitrogen and oxygen atoms in total. The van der Waals surface area contributed by atoms with Crippen molar-refractivity contribution < 1.29 is 34.5 Å². The number of carboxylic acids is 3. The molecule has 146 valence electrons. The van der Waals surface area contributed by atoms with E-state index in [4.69, 9.17) is 5.11 Å². The number of hydrogen-bond donors (Lipinski definition) is 4. The van der Waals surface area contributed by atoms with Crippen LogP contribution < -0.4 is 5.32 Å². The van der Waals surface area contributed by atoms with E-state index in [-0.39, 0.29) is 24.8 Å². The molecule has 3 unspecified atom stereocenters. The van der Waals surface area contributed by atoms with Crippen LogP contribution in [0.1, 0.15) is 51.9 Å². The molecular weight excluding hydrogens is 344 g/mol. The Balaban J connectivity index is 2.09. The molecule has 0 bridgehead atoms. The molecule has 1 aliphatic heterocycles. The first-order valence-electron chi connectivity index (χ1n) is 8.98. The van der Waals surface area contributed by atoms with Gasteiger partial charge in [-0.05, 0) is 38.5 Å². The number of aliphatic carboxylic acids is 3. The molecule has 4 N–H and O–H groups in total. The summed E-state index contributed by atoms with van der Waals surface area (Å²) in [5.41, 5.74) is 0. The van der Waals surface area contributed by atoms with E-state index < -0.39 is 41.9 Å². The van der Waals surface area contributed by atoms with Crippen molar-refractivity contribution >= 4 is 23.8 Å². The zero-order valence-electron chi connectivity index (χ0n) is 14.8. The Kier molecular flexibility index (Phi) is 6.57. The molecule has 1 aliphatic carbocycles. The van der Waals surface area contributed by atoms with Gasteiger partial charge in [0.15, 0.2) is 0 Å². The summed E-state index contributed by atoms with van der Waals surface area (Å²) < 4.78 is 0. The molecule has 2 rings (SSSR count). The lowest BCUT2D eigenvalue weighted by Crippen LogP contribution is -2.55. The Hall–Kier alpha value is -2.16. The van der Waals surface area contributed by atoms with Crippen LogP contribution in [-0.4, -0.2) is 68.2 Å². The minimum Gasteiger partial charge on any atom is -0.481 e. The maximum atomic E-state index is 12.9. The van der Waals surface area contributed by atoms with Crippen LogP contribution in [0.3, 0.4) is 0 Å². The number of carbonyl (C=O) groups excluding carboxylic acids is 1. The van der Waals surface area contributed by atoms with Gasteiger partial charge in [-0.15, -0.1) is 0 Å². The lowest BCUT2D eigenvalue weighted by molar-refractivity contribution is -0.151. The predicted octanol–water partition coefficient (Wildman–Crippen LogP) is 0.527. The summed E-state index contributed by atoms with van der Waals surface area (Å²) >= 11 is 0. The van der Waals surface area contributed by atoms with E-state index in [1.54, 1.807) is 0 Å². The van der Waals surface area contributed by atoms with Crippen LogP contribution in [0.15, 0.2) is 0 Å². The third-order valence-electron chi connectivity index (χ3n) is 5.39. The molecule has 1 saturated heterocycles. The van der Waals surface area contributed by atoms with Gasteiger partial charge in [0.05, 0.1) is 6.04 Å². The molecule has 0 aromatic heterocycles. The summed E-state index contributed by atoms with van der Waals surface area (Å²) in [6, 6.07) is -3.10. The molecule has 0 spiro atoms. The Morgan fingerprint density at radius 1 is 1.12 bits per heavy atom. The van der Waals surface area contributed by atoms with Gasteiger partial charge < -0.3 is 20.2 Å². The number of amides is 1. The van der Waals surface area contributed by atoms with Crippen LogP contribution in [0.4, 0.5) is 0 Å². The maximum Gasteiger partial charge on any atom is 0.326 e. The molecule has 5 atom stereocenters. The van der Waals surface area contributed by atoms with Crippen molar-refractivity contribution in [2.75, 3.05) is 0 Å². The highest BCUT2D eigenvalue weighted by Gasteiger charge is 2.48. The van der Waals surface area contributed by atoms with E-state index in [1.807, 2.05) is 0 Å². The number of fused-ring (bicyclic) bond motifs is 1. The van der Waals surface area contributed by atoms with Crippen molar-refractivity contribution in [1.82, 2.24) is 10.2 Å². The number of rotatable bonds is 8. The molecule has 0 aromatic carbocycles. The van der Waals surface area contributed by atoms with E-state index in [2.05, 4.69) is 5.32 Å².